The van der Waals surface area contributed by atoms with Crippen molar-refractivity contribution >= 4 is 34.0 Å². The fraction of sp³-hybridized carbons (Fsp3) is 0.250. The summed E-state index contributed by atoms with van der Waals surface area (Å²) in [5, 5.41) is 3.97. The summed E-state index contributed by atoms with van der Waals surface area (Å²) < 4.78 is 6.18. The van der Waals surface area contributed by atoms with Crippen molar-refractivity contribution in [3.63, 3.8) is 0 Å². The largest absolute Gasteiger partial charge is 0.397 e. The minimum atomic E-state index is 0.683. The lowest BCUT2D eigenvalue weighted by Crippen LogP contribution is -2.18. The van der Waals surface area contributed by atoms with Crippen molar-refractivity contribution in [2.45, 2.75) is 13.5 Å². The second-order valence-electron chi connectivity index (χ2n) is 3.99. The van der Waals surface area contributed by atoms with Crippen LogP contribution in [0.2, 0.25) is 0 Å². The molecule has 0 radical (unpaired) electrons. The molecule has 0 atom stereocenters. The molecule has 2 aromatic rings. The summed E-state index contributed by atoms with van der Waals surface area (Å²) in [7, 11) is 1.99. The van der Waals surface area contributed by atoms with Gasteiger partial charge in [0.2, 0.25) is 0 Å². The second kappa shape index (κ2) is 4.95. The van der Waals surface area contributed by atoms with Crippen LogP contribution in [0.25, 0.3) is 0 Å². The second-order valence-corrected chi connectivity index (χ2v) is 5.23. The molecule has 2 rings (SSSR count). The van der Waals surface area contributed by atoms with Gasteiger partial charge in [-0.3, -0.25) is 0 Å². The molecule has 90 valence electrons. The number of aryl methyl sites for hydroxylation is 1. The van der Waals surface area contributed by atoms with E-state index >= 15 is 0 Å². The quantitative estimate of drug-likeness (QED) is 0.688. The van der Waals surface area contributed by atoms with Crippen molar-refractivity contribution in [1.29, 1.82) is 0 Å². The highest BCUT2D eigenvalue weighted by Gasteiger charge is 2.08. The van der Waals surface area contributed by atoms with Crippen LogP contribution < -0.4 is 10.6 Å². The van der Waals surface area contributed by atoms with Gasteiger partial charge in [0.1, 0.15) is 11.5 Å². The lowest BCUT2D eigenvalue weighted by atomic mass is 10.2. The Morgan fingerprint density at radius 2 is 2.18 bits per heavy atom. The molecule has 1 aromatic carbocycles. The van der Waals surface area contributed by atoms with Crippen molar-refractivity contribution in [2.75, 3.05) is 17.7 Å². The molecule has 0 aliphatic heterocycles. The van der Waals surface area contributed by atoms with Gasteiger partial charge in [0.05, 0.1) is 17.9 Å². The average molecular weight is 343 g/mol. The number of benzene rings is 1. The highest BCUT2D eigenvalue weighted by atomic mass is 127. The Bertz CT molecular complexity index is 524. The van der Waals surface area contributed by atoms with Crippen molar-refractivity contribution in [3.8, 4) is 0 Å². The summed E-state index contributed by atoms with van der Waals surface area (Å²) in [4.78, 5) is 2.06. The molecule has 17 heavy (non-hydrogen) atoms. The van der Waals surface area contributed by atoms with Gasteiger partial charge in [0.25, 0.3) is 0 Å². The van der Waals surface area contributed by atoms with Crippen molar-refractivity contribution in [1.82, 2.24) is 5.16 Å². The van der Waals surface area contributed by atoms with Gasteiger partial charge in [-0.1, -0.05) is 5.16 Å². The molecule has 0 spiro atoms. The van der Waals surface area contributed by atoms with Crippen LogP contribution in [-0.2, 0) is 6.54 Å². The van der Waals surface area contributed by atoms with Gasteiger partial charge in [0.15, 0.2) is 0 Å². The molecule has 0 saturated heterocycles. The normalized spacial score (nSPS) is 10.5. The van der Waals surface area contributed by atoms with E-state index in [1.54, 1.807) is 0 Å². The maximum atomic E-state index is 5.99. The van der Waals surface area contributed by atoms with E-state index in [2.05, 4.69) is 32.6 Å². The smallest absolute Gasteiger partial charge is 0.133 e. The molecule has 5 heteroatoms. The van der Waals surface area contributed by atoms with Crippen LogP contribution in [0.15, 0.2) is 28.8 Å². The molecule has 0 aliphatic rings. The molecular weight excluding hydrogens is 329 g/mol. The minimum absolute atomic E-state index is 0.683. The zero-order valence-corrected chi connectivity index (χ0v) is 11.9. The lowest BCUT2D eigenvalue weighted by Gasteiger charge is -2.19. The lowest BCUT2D eigenvalue weighted by molar-refractivity contribution is 0.390. The fourth-order valence-corrected chi connectivity index (χ4v) is 2.21. The first-order valence-corrected chi connectivity index (χ1v) is 6.32. The number of nitrogens with zero attached hydrogens (tertiary/aromatic N) is 2. The van der Waals surface area contributed by atoms with E-state index < -0.39 is 0 Å². The molecule has 0 aliphatic carbocycles. The predicted molar refractivity (Wildman–Crippen MR) is 76.9 cm³/mol. The summed E-state index contributed by atoms with van der Waals surface area (Å²) in [6.07, 6.45) is 0. The van der Waals surface area contributed by atoms with E-state index in [1.807, 2.05) is 38.2 Å². The maximum Gasteiger partial charge on any atom is 0.133 e. The Labute approximate surface area is 114 Å². The van der Waals surface area contributed by atoms with Gasteiger partial charge in [-0.2, -0.15) is 0 Å². The molecule has 0 amide bonds. The van der Waals surface area contributed by atoms with Crippen LogP contribution in [0.4, 0.5) is 11.4 Å². The number of nitrogens with two attached hydrogens (primary N) is 1. The first-order valence-electron chi connectivity index (χ1n) is 5.24. The SMILES string of the molecule is Cc1cc(CN(C)c2ccc(I)cc2N)no1. The topological polar surface area (TPSA) is 55.3 Å². The molecule has 1 aromatic heterocycles. The summed E-state index contributed by atoms with van der Waals surface area (Å²) in [5.41, 5.74) is 8.68. The van der Waals surface area contributed by atoms with Crippen LogP contribution in [0.1, 0.15) is 11.5 Å². The van der Waals surface area contributed by atoms with Gasteiger partial charge in [0, 0.05) is 16.7 Å². The Kier molecular flexibility index (Phi) is 3.56. The first kappa shape index (κ1) is 12.2. The number of hydrogen-bond donors (Lipinski definition) is 1. The zero-order valence-electron chi connectivity index (χ0n) is 9.77. The first-order chi connectivity index (χ1) is 8.06. The predicted octanol–water partition coefficient (Wildman–Crippen LogP) is 2.81. The Morgan fingerprint density at radius 1 is 1.41 bits per heavy atom. The molecule has 0 saturated carbocycles. The third kappa shape index (κ3) is 2.91. The highest BCUT2D eigenvalue weighted by molar-refractivity contribution is 14.1. The van der Waals surface area contributed by atoms with Crippen molar-refractivity contribution in [2.24, 2.45) is 0 Å². The number of rotatable bonds is 3. The van der Waals surface area contributed by atoms with Gasteiger partial charge in [-0.15, -0.1) is 0 Å². The third-order valence-corrected chi connectivity index (χ3v) is 3.15. The van der Waals surface area contributed by atoms with Crippen LogP contribution in [0.5, 0.6) is 0 Å². The van der Waals surface area contributed by atoms with Gasteiger partial charge >= 0.3 is 0 Å². The van der Waals surface area contributed by atoms with E-state index in [4.69, 9.17) is 10.3 Å². The van der Waals surface area contributed by atoms with Gasteiger partial charge in [-0.25, -0.2) is 0 Å². The molecule has 0 fully saturated rings. The van der Waals surface area contributed by atoms with Crippen LogP contribution >= 0.6 is 22.6 Å². The fourth-order valence-electron chi connectivity index (χ4n) is 1.69. The maximum absolute atomic E-state index is 5.99. The van der Waals surface area contributed by atoms with E-state index in [-0.39, 0.29) is 0 Å². The van der Waals surface area contributed by atoms with Crippen LogP contribution in [0.3, 0.4) is 0 Å². The van der Waals surface area contributed by atoms with E-state index in [0.29, 0.717) is 6.54 Å². The molecule has 4 nitrogen and oxygen atoms in total. The standard InChI is InChI=1S/C12H14IN3O/c1-8-5-10(15-17-8)7-16(2)12-4-3-9(13)6-11(12)14/h3-6H,7,14H2,1-2H3. The summed E-state index contributed by atoms with van der Waals surface area (Å²) in [5.74, 6) is 0.823. The number of hydrogen-bond acceptors (Lipinski definition) is 4. The molecular formula is C12H14IN3O. The van der Waals surface area contributed by atoms with E-state index in [1.165, 1.54) is 0 Å². The Morgan fingerprint density at radius 3 is 2.76 bits per heavy atom. The molecule has 0 unspecified atom stereocenters. The number of nitrogen functional groups attached to an aromatic ring is 1. The zero-order chi connectivity index (χ0) is 12.4. The molecule has 0 bridgehead atoms. The van der Waals surface area contributed by atoms with Crippen molar-refractivity contribution < 1.29 is 4.52 Å². The van der Waals surface area contributed by atoms with E-state index in [9.17, 15) is 0 Å². The molecule has 2 N–H and O–H groups in total. The van der Waals surface area contributed by atoms with Gasteiger partial charge in [-0.05, 0) is 47.7 Å². The molecule has 1 heterocycles. The van der Waals surface area contributed by atoms with E-state index in [0.717, 1.165) is 26.4 Å². The average Bonchev–Trinajstić information content (AvgIpc) is 2.63. The van der Waals surface area contributed by atoms with Crippen LogP contribution in [0, 0.1) is 10.5 Å². The third-order valence-electron chi connectivity index (χ3n) is 2.48. The number of halogens is 1. The minimum Gasteiger partial charge on any atom is -0.397 e. The van der Waals surface area contributed by atoms with Crippen LogP contribution in [-0.4, -0.2) is 12.2 Å². The highest BCUT2D eigenvalue weighted by Crippen LogP contribution is 2.25. The number of anilines is 2. The van der Waals surface area contributed by atoms with Gasteiger partial charge < -0.3 is 15.2 Å². The Hall–Kier alpha value is -1.24. The monoisotopic (exact) mass is 343 g/mol. The van der Waals surface area contributed by atoms with Crippen molar-refractivity contribution in [3.05, 3.63) is 39.3 Å². The summed E-state index contributed by atoms with van der Waals surface area (Å²) >= 11 is 2.25. The summed E-state index contributed by atoms with van der Waals surface area (Å²) in [6, 6.07) is 7.95. The summed E-state index contributed by atoms with van der Waals surface area (Å²) in [6.45, 7) is 2.57. The Balaban J connectivity index is 2.17. The number of aromatic nitrogens is 1.